The second-order valence-corrected chi connectivity index (χ2v) is 4.64. The van der Waals surface area contributed by atoms with Crippen LogP contribution in [0.25, 0.3) is 0 Å². The molecule has 0 saturated heterocycles. The van der Waals surface area contributed by atoms with Gasteiger partial charge in [-0.25, -0.2) is 4.79 Å². The van der Waals surface area contributed by atoms with E-state index in [0.717, 1.165) is 0 Å². The first-order valence-corrected chi connectivity index (χ1v) is 7.27. The molecule has 1 aromatic carbocycles. The summed E-state index contributed by atoms with van der Waals surface area (Å²) in [5.41, 5.74) is 0.561. The van der Waals surface area contributed by atoms with Gasteiger partial charge in [0.25, 0.3) is 5.91 Å². The Morgan fingerprint density at radius 1 is 1.13 bits per heavy atom. The average molecular weight is 323 g/mol. The third-order valence-electron chi connectivity index (χ3n) is 2.71. The van der Waals surface area contributed by atoms with Crippen LogP contribution in [0.5, 0.6) is 5.75 Å². The van der Waals surface area contributed by atoms with Crippen molar-refractivity contribution in [2.24, 2.45) is 0 Å². The largest absolute Gasteiger partial charge is 0.484 e. The van der Waals surface area contributed by atoms with Crippen LogP contribution in [0.2, 0.25) is 0 Å². The highest BCUT2D eigenvalue weighted by molar-refractivity contribution is 5.89. The first-order chi connectivity index (χ1) is 11.0. The molecule has 3 amide bonds. The Bertz CT molecular complexity index is 530. The van der Waals surface area contributed by atoms with E-state index >= 15 is 0 Å². The molecule has 4 N–H and O–H groups in total. The fourth-order valence-corrected chi connectivity index (χ4v) is 1.65. The van der Waals surface area contributed by atoms with E-state index in [9.17, 15) is 14.4 Å². The summed E-state index contributed by atoms with van der Waals surface area (Å²) in [5.74, 6) is -0.575. The molecule has 126 valence electrons. The van der Waals surface area contributed by atoms with Gasteiger partial charge in [0, 0.05) is 25.2 Å². The van der Waals surface area contributed by atoms with Crippen molar-refractivity contribution in [2.45, 2.75) is 19.8 Å². The van der Waals surface area contributed by atoms with Crippen molar-refractivity contribution in [3.05, 3.63) is 24.3 Å². The van der Waals surface area contributed by atoms with E-state index in [2.05, 4.69) is 16.0 Å². The monoisotopic (exact) mass is 323 g/mol. The van der Waals surface area contributed by atoms with Crippen molar-refractivity contribution in [1.82, 2.24) is 10.6 Å². The minimum absolute atomic E-state index is 0.0118. The number of carboxylic acid groups (broad SMARTS) is 1. The number of nitrogens with one attached hydrogen (secondary N) is 3. The zero-order valence-corrected chi connectivity index (χ0v) is 12.9. The van der Waals surface area contributed by atoms with Crippen molar-refractivity contribution in [2.75, 3.05) is 25.0 Å². The summed E-state index contributed by atoms with van der Waals surface area (Å²) in [6.07, 6.45) is 0.382. The first-order valence-electron chi connectivity index (χ1n) is 7.27. The molecule has 0 aliphatic rings. The number of carbonyl (C=O) groups is 3. The summed E-state index contributed by atoms with van der Waals surface area (Å²) in [4.78, 5) is 33.2. The van der Waals surface area contributed by atoms with Crippen molar-refractivity contribution in [1.29, 1.82) is 0 Å². The Labute approximate surface area is 134 Å². The third-order valence-corrected chi connectivity index (χ3v) is 2.71. The van der Waals surface area contributed by atoms with Gasteiger partial charge in [-0.1, -0.05) is 0 Å². The van der Waals surface area contributed by atoms with Gasteiger partial charge in [0.05, 0.1) is 0 Å². The molecule has 0 bridgehead atoms. The highest BCUT2D eigenvalue weighted by atomic mass is 16.5. The molecule has 0 unspecified atom stereocenters. The Kier molecular flexibility index (Phi) is 7.98. The summed E-state index contributed by atoms with van der Waals surface area (Å²) < 4.78 is 5.29. The number of anilines is 1. The van der Waals surface area contributed by atoms with Gasteiger partial charge in [0.15, 0.2) is 6.61 Å². The quantitative estimate of drug-likeness (QED) is 0.509. The topological polar surface area (TPSA) is 117 Å². The Balaban J connectivity index is 2.31. The number of hydrogen-bond donors (Lipinski definition) is 4. The first kappa shape index (κ1) is 18.3. The van der Waals surface area contributed by atoms with Gasteiger partial charge in [-0.05, 0) is 37.6 Å². The highest BCUT2D eigenvalue weighted by Gasteiger charge is 2.04. The predicted molar refractivity (Wildman–Crippen MR) is 84.5 cm³/mol. The van der Waals surface area contributed by atoms with Crippen LogP contribution >= 0.6 is 0 Å². The second kappa shape index (κ2) is 10.0. The van der Waals surface area contributed by atoms with Crippen LogP contribution < -0.4 is 20.7 Å². The van der Waals surface area contributed by atoms with Crippen molar-refractivity contribution in [3.63, 3.8) is 0 Å². The SMILES string of the molecule is CCNC(=O)COc1ccc(NC(=O)NCCCC(=O)O)cc1. The van der Waals surface area contributed by atoms with Crippen LogP contribution in [0.1, 0.15) is 19.8 Å². The van der Waals surface area contributed by atoms with Crippen LogP contribution in [-0.2, 0) is 9.59 Å². The summed E-state index contributed by atoms with van der Waals surface area (Å²) >= 11 is 0. The number of urea groups is 1. The number of amides is 3. The van der Waals surface area contributed by atoms with Crippen molar-refractivity contribution >= 4 is 23.6 Å². The maximum atomic E-state index is 11.6. The van der Waals surface area contributed by atoms with Crippen molar-refractivity contribution < 1.29 is 24.2 Å². The third kappa shape index (κ3) is 8.30. The van der Waals surface area contributed by atoms with E-state index in [1.165, 1.54) is 0 Å². The van der Waals surface area contributed by atoms with Gasteiger partial charge >= 0.3 is 12.0 Å². The minimum atomic E-state index is -0.893. The van der Waals surface area contributed by atoms with E-state index < -0.39 is 12.0 Å². The van der Waals surface area contributed by atoms with E-state index in [-0.39, 0.29) is 25.5 Å². The molecule has 0 atom stereocenters. The summed E-state index contributed by atoms with van der Waals surface area (Å²) in [6.45, 7) is 2.59. The normalized spacial score (nSPS) is 9.78. The number of benzene rings is 1. The fraction of sp³-hybridized carbons (Fsp3) is 0.400. The lowest BCUT2D eigenvalue weighted by atomic mass is 10.3. The zero-order valence-electron chi connectivity index (χ0n) is 12.9. The molecule has 0 aliphatic heterocycles. The summed E-state index contributed by atoms with van der Waals surface area (Å²) in [5, 5.41) is 16.3. The van der Waals surface area contributed by atoms with Crippen LogP contribution in [0.4, 0.5) is 10.5 Å². The Morgan fingerprint density at radius 2 is 1.83 bits per heavy atom. The van der Waals surface area contributed by atoms with Gasteiger partial charge in [-0.15, -0.1) is 0 Å². The standard InChI is InChI=1S/C15H21N3O5/c1-2-16-13(19)10-23-12-7-5-11(6-8-12)18-15(22)17-9-3-4-14(20)21/h5-8H,2-4,9-10H2,1H3,(H,16,19)(H,20,21)(H2,17,18,22). The van der Waals surface area contributed by atoms with E-state index in [1.807, 2.05) is 6.92 Å². The molecule has 23 heavy (non-hydrogen) atoms. The smallest absolute Gasteiger partial charge is 0.319 e. The van der Waals surface area contributed by atoms with Gasteiger partial charge in [0.1, 0.15) is 5.75 Å². The van der Waals surface area contributed by atoms with E-state index in [4.69, 9.17) is 9.84 Å². The van der Waals surface area contributed by atoms with Crippen molar-refractivity contribution in [3.8, 4) is 5.75 Å². The fourth-order valence-electron chi connectivity index (χ4n) is 1.65. The molecule has 0 aliphatic carbocycles. The molecule has 0 heterocycles. The van der Waals surface area contributed by atoms with E-state index in [1.54, 1.807) is 24.3 Å². The molecular formula is C15H21N3O5. The molecule has 0 fully saturated rings. The van der Waals surface area contributed by atoms with Gasteiger partial charge in [-0.3, -0.25) is 9.59 Å². The Hall–Kier alpha value is -2.77. The zero-order chi connectivity index (χ0) is 17.1. The molecule has 0 spiro atoms. The summed E-state index contributed by atoms with van der Waals surface area (Å²) in [6, 6.07) is 6.15. The average Bonchev–Trinajstić information content (AvgIpc) is 2.51. The molecule has 8 nitrogen and oxygen atoms in total. The number of aliphatic carboxylic acids is 1. The highest BCUT2D eigenvalue weighted by Crippen LogP contribution is 2.15. The molecular weight excluding hydrogens is 302 g/mol. The number of ether oxygens (including phenoxy) is 1. The molecule has 0 saturated carbocycles. The van der Waals surface area contributed by atoms with Crippen LogP contribution in [0.15, 0.2) is 24.3 Å². The number of rotatable bonds is 9. The lowest BCUT2D eigenvalue weighted by Gasteiger charge is -2.09. The molecule has 1 rings (SSSR count). The van der Waals surface area contributed by atoms with Gasteiger partial charge in [0.2, 0.25) is 0 Å². The lowest BCUT2D eigenvalue weighted by Crippen LogP contribution is -2.29. The minimum Gasteiger partial charge on any atom is -0.484 e. The molecule has 1 aromatic rings. The predicted octanol–water partition coefficient (Wildman–Crippen LogP) is 1.19. The van der Waals surface area contributed by atoms with Crippen LogP contribution in [-0.4, -0.2) is 42.7 Å². The molecule has 8 heteroatoms. The van der Waals surface area contributed by atoms with Gasteiger partial charge < -0.3 is 25.8 Å². The number of carbonyl (C=O) groups excluding carboxylic acids is 2. The second-order valence-electron chi connectivity index (χ2n) is 4.64. The maximum Gasteiger partial charge on any atom is 0.319 e. The maximum absolute atomic E-state index is 11.6. The van der Waals surface area contributed by atoms with Gasteiger partial charge in [-0.2, -0.15) is 0 Å². The lowest BCUT2D eigenvalue weighted by molar-refractivity contribution is -0.137. The molecule has 0 aromatic heterocycles. The number of likely N-dealkylation sites (N-methyl/N-ethyl adjacent to an activating group) is 1. The van der Waals surface area contributed by atoms with E-state index in [0.29, 0.717) is 24.4 Å². The van der Waals surface area contributed by atoms with Crippen LogP contribution in [0.3, 0.4) is 0 Å². The number of carboxylic acids is 1. The van der Waals surface area contributed by atoms with Crippen LogP contribution in [0, 0.1) is 0 Å². The number of hydrogen-bond acceptors (Lipinski definition) is 4. The Morgan fingerprint density at radius 3 is 2.43 bits per heavy atom. The summed E-state index contributed by atoms with van der Waals surface area (Å²) in [7, 11) is 0. The molecule has 0 radical (unpaired) electrons.